The molecule has 7 heteroatoms. The molecule has 0 saturated carbocycles. The third kappa shape index (κ3) is 6.70. The third-order valence-electron chi connectivity index (χ3n) is 5.66. The Morgan fingerprint density at radius 2 is 1.75 bits per heavy atom. The van der Waals surface area contributed by atoms with Crippen LogP contribution in [0.3, 0.4) is 0 Å². The Balaban J connectivity index is 1.47. The van der Waals surface area contributed by atoms with Gasteiger partial charge in [0.25, 0.3) is 11.1 Å². The number of nitrogens with zero attached hydrogens (tertiary/aromatic N) is 1. The lowest BCUT2D eigenvalue weighted by Gasteiger charge is -2.15. The number of thioether (sulfide) groups is 1. The fourth-order valence-corrected chi connectivity index (χ4v) is 5.61. The van der Waals surface area contributed by atoms with E-state index in [2.05, 4.69) is 53.8 Å². The summed E-state index contributed by atoms with van der Waals surface area (Å²) in [6, 6.07) is 22.1. The van der Waals surface area contributed by atoms with E-state index in [9.17, 15) is 9.59 Å². The minimum atomic E-state index is -0.245. The Hall–Kier alpha value is -2.78. The summed E-state index contributed by atoms with van der Waals surface area (Å²) in [5, 5.41) is -0.225. The van der Waals surface area contributed by atoms with E-state index in [0.29, 0.717) is 36.2 Å². The number of aryl methyl sites for hydroxylation is 2. The van der Waals surface area contributed by atoms with Crippen LogP contribution in [0.2, 0.25) is 0 Å². The number of hydrogen-bond donors (Lipinski definition) is 0. The number of rotatable bonds is 10. The van der Waals surface area contributed by atoms with Gasteiger partial charge in [0.05, 0.1) is 15.1 Å². The number of carbonyl (C=O) groups is 2. The normalized spacial score (nSPS) is 14.5. The van der Waals surface area contributed by atoms with Crippen molar-refractivity contribution in [2.45, 2.75) is 33.3 Å². The second-order valence-electron chi connectivity index (χ2n) is 8.46. The highest BCUT2D eigenvalue weighted by Gasteiger charge is 2.34. The van der Waals surface area contributed by atoms with E-state index in [0.717, 1.165) is 39.3 Å². The second kappa shape index (κ2) is 12.5. The molecule has 3 aromatic rings. The lowest BCUT2D eigenvalue weighted by atomic mass is 10.1. The topological polar surface area (TPSA) is 55.8 Å². The van der Waals surface area contributed by atoms with Gasteiger partial charge in [-0.05, 0) is 95.9 Å². The van der Waals surface area contributed by atoms with Crippen molar-refractivity contribution in [1.29, 1.82) is 0 Å². The van der Waals surface area contributed by atoms with Crippen LogP contribution < -0.4 is 9.47 Å². The molecule has 4 rings (SSSR count). The van der Waals surface area contributed by atoms with E-state index in [1.165, 1.54) is 16.0 Å². The van der Waals surface area contributed by atoms with Crippen molar-refractivity contribution in [1.82, 2.24) is 4.90 Å². The summed E-state index contributed by atoms with van der Waals surface area (Å²) in [5.74, 6) is 1.04. The van der Waals surface area contributed by atoms with Gasteiger partial charge in [0.1, 0.15) is 6.61 Å². The maximum atomic E-state index is 13.0. The average Bonchev–Trinajstić information content (AvgIpc) is 3.12. The molecule has 1 saturated heterocycles. The largest absolute Gasteiger partial charge is 0.490 e. The standard InChI is InChI=1S/C29H28INO4S/c1-3-34-25-17-23(16-24(30)27(25)35-19-22-12-7-9-20(2)15-22)18-26-28(32)31(29(33)36-26)14-8-13-21-10-5-4-6-11-21/h4-7,9-12,15-18H,3,8,13-14,19H2,1-2H3/b26-18+. The van der Waals surface area contributed by atoms with Crippen LogP contribution in [0.25, 0.3) is 6.08 Å². The summed E-state index contributed by atoms with van der Waals surface area (Å²) in [6.45, 7) is 5.30. The van der Waals surface area contributed by atoms with Gasteiger partial charge in [-0.1, -0.05) is 60.2 Å². The third-order valence-corrected chi connectivity index (χ3v) is 7.37. The van der Waals surface area contributed by atoms with Gasteiger partial charge in [-0.3, -0.25) is 14.5 Å². The molecule has 0 N–H and O–H groups in total. The number of halogens is 1. The number of ether oxygens (including phenoxy) is 2. The highest BCUT2D eigenvalue weighted by molar-refractivity contribution is 14.1. The van der Waals surface area contributed by atoms with Crippen LogP contribution in [0.1, 0.15) is 35.6 Å². The maximum Gasteiger partial charge on any atom is 0.293 e. The summed E-state index contributed by atoms with van der Waals surface area (Å²) in [5.41, 5.74) is 4.25. The van der Waals surface area contributed by atoms with Gasteiger partial charge in [-0.25, -0.2) is 0 Å². The number of carbonyl (C=O) groups excluding carboxylic acids is 2. The average molecular weight is 614 g/mol. The molecule has 0 atom stereocenters. The second-order valence-corrected chi connectivity index (χ2v) is 10.6. The van der Waals surface area contributed by atoms with Crippen LogP contribution >= 0.6 is 34.4 Å². The van der Waals surface area contributed by atoms with Gasteiger partial charge in [0, 0.05) is 6.54 Å². The molecular formula is C29H28INO4S. The monoisotopic (exact) mass is 613 g/mol. The molecule has 3 aromatic carbocycles. The summed E-state index contributed by atoms with van der Waals surface area (Å²) in [7, 11) is 0. The fraction of sp³-hybridized carbons (Fsp3) is 0.241. The van der Waals surface area contributed by atoms with Gasteiger partial charge in [0.2, 0.25) is 0 Å². The summed E-state index contributed by atoms with van der Waals surface area (Å²) >= 11 is 3.21. The molecule has 0 bridgehead atoms. The Bertz CT molecular complexity index is 1280. The zero-order chi connectivity index (χ0) is 25.5. The summed E-state index contributed by atoms with van der Waals surface area (Å²) < 4.78 is 12.9. The minimum Gasteiger partial charge on any atom is -0.490 e. The van der Waals surface area contributed by atoms with E-state index in [4.69, 9.17) is 9.47 Å². The van der Waals surface area contributed by atoms with Crippen molar-refractivity contribution in [2.24, 2.45) is 0 Å². The first-order valence-corrected chi connectivity index (χ1v) is 13.8. The highest BCUT2D eigenvalue weighted by Crippen LogP contribution is 2.38. The summed E-state index contributed by atoms with van der Waals surface area (Å²) in [4.78, 5) is 27.3. The Morgan fingerprint density at radius 1 is 0.972 bits per heavy atom. The Kier molecular flexibility index (Phi) is 9.09. The first kappa shape index (κ1) is 26.3. The zero-order valence-corrected chi connectivity index (χ0v) is 23.3. The van der Waals surface area contributed by atoms with Crippen LogP contribution in [0.15, 0.2) is 71.6 Å². The van der Waals surface area contributed by atoms with E-state index >= 15 is 0 Å². The predicted octanol–water partition coefficient (Wildman–Crippen LogP) is 7.25. The molecule has 2 amide bonds. The molecule has 0 unspecified atom stereocenters. The molecule has 0 aromatic heterocycles. The maximum absolute atomic E-state index is 13.0. The van der Waals surface area contributed by atoms with E-state index < -0.39 is 0 Å². The van der Waals surface area contributed by atoms with Crippen LogP contribution in [0.5, 0.6) is 11.5 Å². The van der Waals surface area contributed by atoms with Crippen LogP contribution in [-0.2, 0) is 17.8 Å². The van der Waals surface area contributed by atoms with Crippen LogP contribution in [0, 0.1) is 10.5 Å². The smallest absolute Gasteiger partial charge is 0.293 e. The molecule has 1 aliphatic rings. The van der Waals surface area contributed by atoms with Crippen molar-refractivity contribution < 1.29 is 19.1 Å². The zero-order valence-electron chi connectivity index (χ0n) is 20.3. The number of amides is 2. The molecule has 1 heterocycles. The molecule has 36 heavy (non-hydrogen) atoms. The number of benzene rings is 3. The van der Waals surface area contributed by atoms with Crippen molar-refractivity contribution in [2.75, 3.05) is 13.2 Å². The van der Waals surface area contributed by atoms with Crippen molar-refractivity contribution >= 4 is 51.6 Å². The van der Waals surface area contributed by atoms with Gasteiger partial charge in [0.15, 0.2) is 11.5 Å². The highest BCUT2D eigenvalue weighted by atomic mass is 127. The molecule has 0 aliphatic carbocycles. The molecule has 1 aliphatic heterocycles. The van der Waals surface area contributed by atoms with Crippen molar-refractivity contribution in [3.8, 4) is 11.5 Å². The van der Waals surface area contributed by atoms with E-state index in [1.54, 1.807) is 6.08 Å². The Labute approximate surface area is 230 Å². The SMILES string of the molecule is CCOc1cc(/C=C2/SC(=O)N(CCCc3ccccc3)C2=O)cc(I)c1OCc1cccc(C)c1. The van der Waals surface area contributed by atoms with Crippen molar-refractivity contribution in [3.63, 3.8) is 0 Å². The molecule has 5 nitrogen and oxygen atoms in total. The summed E-state index contributed by atoms with van der Waals surface area (Å²) in [6.07, 6.45) is 3.31. The lowest BCUT2D eigenvalue weighted by molar-refractivity contribution is -0.122. The number of hydrogen-bond acceptors (Lipinski definition) is 5. The molecule has 1 fully saturated rings. The predicted molar refractivity (Wildman–Crippen MR) is 153 cm³/mol. The van der Waals surface area contributed by atoms with Gasteiger partial charge in [-0.15, -0.1) is 0 Å². The van der Waals surface area contributed by atoms with E-state index in [1.807, 2.05) is 49.4 Å². The van der Waals surface area contributed by atoms with Gasteiger partial charge < -0.3 is 9.47 Å². The van der Waals surface area contributed by atoms with Gasteiger partial charge in [-0.2, -0.15) is 0 Å². The molecular weight excluding hydrogens is 585 g/mol. The number of imide groups is 1. The van der Waals surface area contributed by atoms with Crippen molar-refractivity contribution in [3.05, 3.63) is 97.5 Å². The van der Waals surface area contributed by atoms with Crippen LogP contribution in [-0.4, -0.2) is 29.2 Å². The van der Waals surface area contributed by atoms with E-state index in [-0.39, 0.29) is 11.1 Å². The minimum absolute atomic E-state index is 0.225. The molecule has 0 radical (unpaired) electrons. The molecule has 0 spiro atoms. The lowest BCUT2D eigenvalue weighted by Crippen LogP contribution is -2.29. The fourth-order valence-electron chi connectivity index (χ4n) is 3.96. The Morgan fingerprint density at radius 3 is 2.50 bits per heavy atom. The van der Waals surface area contributed by atoms with Gasteiger partial charge >= 0.3 is 0 Å². The first-order chi connectivity index (χ1) is 17.4. The quantitative estimate of drug-likeness (QED) is 0.178. The van der Waals surface area contributed by atoms with Crippen LogP contribution in [0.4, 0.5) is 4.79 Å². The molecule has 186 valence electrons. The first-order valence-electron chi connectivity index (χ1n) is 11.9.